The summed E-state index contributed by atoms with van der Waals surface area (Å²) in [5, 5.41) is 2.77. The molecule has 2 nitrogen and oxygen atoms in total. The van der Waals surface area contributed by atoms with Crippen LogP contribution in [0.15, 0.2) is 60.7 Å². The third-order valence-corrected chi connectivity index (χ3v) is 11.5. The molecule has 0 spiro atoms. The van der Waals surface area contributed by atoms with Crippen molar-refractivity contribution < 1.29 is 4.21 Å². The molecule has 0 saturated heterocycles. The topological polar surface area (TPSA) is 29.1 Å². The maximum absolute atomic E-state index is 12.9. The lowest BCUT2D eigenvalue weighted by molar-refractivity contribution is 0.615. The minimum absolute atomic E-state index is 0.224. The molecule has 136 valence electrons. The molecule has 1 unspecified atom stereocenters. The van der Waals surface area contributed by atoms with Crippen LogP contribution in [0, 0.1) is 0 Å². The first-order valence-corrected chi connectivity index (χ1v) is 12.8. The van der Waals surface area contributed by atoms with E-state index < -0.39 is 19.1 Å². The van der Waals surface area contributed by atoms with Gasteiger partial charge < -0.3 is 0 Å². The number of hydrogen-bond acceptors (Lipinski definition) is 1. The first-order chi connectivity index (χ1) is 11.8. The number of rotatable bonds is 7. The molecule has 1 N–H and O–H groups in total. The lowest BCUT2D eigenvalue weighted by Gasteiger charge is -2.38. The van der Waals surface area contributed by atoms with Crippen LogP contribution in [0.5, 0.6) is 0 Å². The predicted molar refractivity (Wildman–Crippen MR) is 113 cm³/mol. The number of benzene rings is 2. The van der Waals surface area contributed by atoms with E-state index in [1.54, 1.807) is 0 Å². The van der Waals surface area contributed by atoms with Crippen LogP contribution in [0.3, 0.4) is 0 Å². The molecule has 0 radical (unpaired) electrons. The van der Waals surface area contributed by atoms with Gasteiger partial charge in [0.15, 0.2) is 0 Å². The highest BCUT2D eigenvalue weighted by Crippen LogP contribution is 2.18. The summed E-state index contributed by atoms with van der Waals surface area (Å²) >= 11 is 0. The van der Waals surface area contributed by atoms with Gasteiger partial charge in [-0.05, 0) is 27.2 Å². The molecule has 0 saturated carbocycles. The first-order valence-electron chi connectivity index (χ1n) is 9.09. The van der Waals surface area contributed by atoms with Crippen molar-refractivity contribution in [3.8, 4) is 0 Å². The van der Waals surface area contributed by atoms with Crippen molar-refractivity contribution in [2.24, 2.45) is 0 Å². The monoisotopic (exact) mass is 373 g/mol. The SMILES string of the molecule is CCC[C@H](NS(=O)C(C)(C)C)[Si](C)(c1ccccc1)c1ccccc1. The van der Waals surface area contributed by atoms with Gasteiger partial charge in [-0.25, -0.2) is 8.93 Å². The molecule has 0 aromatic heterocycles. The van der Waals surface area contributed by atoms with E-state index in [9.17, 15) is 4.21 Å². The minimum Gasteiger partial charge on any atom is -0.242 e. The van der Waals surface area contributed by atoms with Crippen molar-refractivity contribution in [3.05, 3.63) is 60.7 Å². The molecule has 4 heteroatoms. The van der Waals surface area contributed by atoms with Crippen LogP contribution in [0.2, 0.25) is 6.55 Å². The average Bonchev–Trinajstić information content (AvgIpc) is 2.61. The second-order valence-corrected chi connectivity index (χ2v) is 14.0. The van der Waals surface area contributed by atoms with Crippen LogP contribution in [0.1, 0.15) is 40.5 Å². The normalized spacial score (nSPS) is 14.9. The Kier molecular flexibility index (Phi) is 6.77. The van der Waals surface area contributed by atoms with Crippen LogP contribution in [0.4, 0.5) is 0 Å². The van der Waals surface area contributed by atoms with Gasteiger partial charge in [0, 0.05) is 5.67 Å². The molecule has 2 atom stereocenters. The van der Waals surface area contributed by atoms with Crippen molar-refractivity contribution >= 4 is 29.4 Å². The summed E-state index contributed by atoms with van der Waals surface area (Å²) in [5.41, 5.74) is 0.224. The Bertz CT molecular complexity index is 643. The van der Waals surface area contributed by atoms with Crippen LogP contribution in [-0.2, 0) is 11.0 Å². The van der Waals surface area contributed by atoms with E-state index in [0.29, 0.717) is 0 Å². The van der Waals surface area contributed by atoms with Crippen LogP contribution in [0.25, 0.3) is 0 Å². The van der Waals surface area contributed by atoms with Gasteiger partial charge in [-0.1, -0.05) is 90.9 Å². The molecular weight excluding hydrogens is 342 g/mol. The zero-order chi connectivity index (χ0) is 18.5. The molecule has 2 rings (SSSR count). The molecule has 0 fully saturated rings. The van der Waals surface area contributed by atoms with Crippen LogP contribution < -0.4 is 15.1 Å². The zero-order valence-electron chi connectivity index (χ0n) is 16.1. The van der Waals surface area contributed by atoms with E-state index in [0.717, 1.165) is 12.8 Å². The summed E-state index contributed by atoms with van der Waals surface area (Å²) in [6.45, 7) is 10.7. The summed E-state index contributed by atoms with van der Waals surface area (Å²) in [6, 6.07) is 21.6. The minimum atomic E-state index is -2.10. The van der Waals surface area contributed by atoms with Gasteiger partial charge in [0.05, 0.1) is 15.7 Å². The third kappa shape index (κ3) is 4.69. The molecule has 2 aromatic rings. The predicted octanol–water partition coefficient (Wildman–Crippen LogP) is 3.64. The summed E-state index contributed by atoms with van der Waals surface area (Å²) in [4.78, 5) is 0. The molecule has 0 amide bonds. The third-order valence-electron chi connectivity index (χ3n) is 4.83. The second kappa shape index (κ2) is 8.43. The molecule has 0 aliphatic heterocycles. The Labute approximate surface area is 156 Å². The van der Waals surface area contributed by atoms with E-state index in [1.165, 1.54) is 10.4 Å². The van der Waals surface area contributed by atoms with Crippen molar-refractivity contribution in [2.45, 2.75) is 57.5 Å². The van der Waals surface area contributed by atoms with Crippen molar-refractivity contribution in [1.82, 2.24) is 4.72 Å². The van der Waals surface area contributed by atoms with Crippen LogP contribution >= 0.6 is 0 Å². The van der Waals surface area contributed by atoms with Gasteiger partial charge in [0.1, 0.15) is 8.07 Å². The van der Waals surface area contributed by atoms with Crippen molar-refractivity contribution in [1.29, 1.82) is 0 Å². The molecule has 0 bridgehead atoms. The van der Waals surface area contributed by atoms with Gasteiger partial charge in [-0.2, -0.15) is 0 Å². The largest absolute Gasteiger partial charge is 0.242 e. The van der Waals surface area contributed by atoms with Gasteiger partial charge in [-0.15, -0.1) is 0 Å². The lowest BCUT2D eigenvalue weighted by Crippen LogP contribution is -2.69. The zero-order valence-corrected chi connectivity index (χ0v) is 17.9. The Hall–Kier alpha value is -1.23. The summed E-state index contributed by atoms with van der Waals surface area (Å²) in [5.74, 6) is 0. The van der Waals surface area contributed by atoms with Crippen LogP contribution in [-0.4, -0.2) is 22.7 Å². The highest BCUT2D eigenvalue weighted by atomic mass is 32.2. The van der Waals surface area contributed by atoms with Crippen molar-refractivity contribution in [3.63, 3.8) is 0 Å². The summed E-state index contributed by atoms with van der Waals surface area (Å²) in [6.07, 6.45) is 2.09. The van der Waals surface area contributed by atoms with E-state index in [4.69, 9.17) is 0 Å². The number of hydrogen-bond donors (Lipinski definition) is 1. The second-order valence-electron chi connectivity index (χ2n) is 7.77. The maximum atomic E-state index is 12.9. The molecule has 25 heavy (non-hydrogen) atoms. The maximum Gasteiger partial charge on any atom is 0.132 e. The first kappa shape index (κ1) is 20.1. The van der Waals surface area contributed by atoms with E-state index in [2.05, 4.69) is 78.9 Å². The highest BCUT2D eigenvalue weighted by molar-refractivity contribution is 7.84. The Morgan fingerprint density at radius 3 is 1.76 bits per heavy atom. The van der Waals surface area contributed by atoms with Crippen molar-refractivity contribution in [2.75, 3.05) is 0 Å². The standard InChI is InChI=1S/C21H31NOSSi/c1-6-13-20(22-24(23)21(2,3)4)25(5,18-14-9-7-10-15-18)19-16-11-8-12-17-19/h7-12,14-17,20,22H,6,13H2,1-5H3/t20-,24?/m1/s1. The van der Waals surface area contributed by atoms with Gasteiger partial charge in [0.25, 0.3) is 0 Å². The summed E-state index contributed by atoms with van der Waals surface area (Å²) in [7, 11) is -3.18. The fourth-order valence-electron chi connectivity index (χ4n) is 3.20. The fourth-order valence-corrected chi connectivity index (χ4v) is 8.97. The van der Waals surface area contributed by atoms with Gasteiger partial charge in [-0.3, -0.25) is 0 Å². The smallest absolute Gasteiger partial charge is 0.132 e. The van der Waals surface area contributed by atoms with E-state index >= 15 is 0 Å². The molecule has 0 aliphatic rings. The lowest BCUT2D eigenvalue weighted by atomic mass is 10.3. The molecule has 2 aromatic carbocycles. The molecular formula is C21H31NOSSi. The number of nitrogens with one attached hydrogen (secondary N) is 1. The van der Waals surface area contributed by atoms with Gasteiger partial charge in [0.2, 0.25) is 0 Å². The fraction of sp³-hybridized carbons (Fsp3) is 0.429. The van der Waals surface area contributed by atoms with E-state index in [-0.39, 0.29) is 10.4 Å². The quantitative estimate of drug-likeness (QED) is 0.738. The summed E-state index contributed by atoms with van der Waals surface area (Å²) < 4.78 is 16.1. The molecule has 0 aliphatic carbocycles. The molecule has 0 heterocycles. The Morgan fingerprint density at radius 2 is 1.40 bits per heavy atom. The van der Waals surface area contributed by atoms with Gasteiger partial charge >= 0.3 is 0 Å². The Balaban J connectivity index is 2.53. The van der Waals surface area contributed by atoms with E-state index in [1.807, 2.05) is 20.8 Å². The highest BCUT2D eigenvalue weighted by Gasteiger charge is 2.41. The Morgan fingerprint density at radius 1 is 0.960 bits per heavy atom. The average molecular weight is 374 g/mol.